The highest BCUT2D eigenvalue weighted by molar-refractivity contribution is 5.77. The number of carbonyl (C=O) groups is 2. The van der Waals surface area contributed by atoms with Crippen LogP contribution in [0.1, 0.15) is 32.1 Å². The van der Waals surface area contributed by atoms with Gasteiger partial charge in [-0.05, 0) is 32.1 Å². The molecule has 0 radical (unpaired) electrons. The average Bonchev–Trinajstić information content (AvgIpc) is 3.16. The van der Waals surface area contributed by atoms with Crippen molar-refractivity contribution in [3.05, 3.63) is 0 Å². The molecule has 0 aromatic heterocycles. The van der Waals surface area contributed by atoms with Crippen molar-refractivity contribution in [1.29, 1.82) is 0 Å². The summed E-state index contributed by atoms with van der Waals surface area (Å²) in [5, 5.41) is 0. The van der Waals surface area contributed by atoms with E-state index in [2.05, 4.69) is 0 Å². The lowest BCUT2D eigenvalue weighted by Crippen LogP contribution is -2.47. The van der Waals surface area contributed by atoms with Crippen LogP contribution in [0.4, 0.5) is 4.79 Å². The van der Waals surface area contributed by atoms with Gasteiger partial charge >= 0.3 is 6.03 Å². The number of rotatable bonds is 4. The van der Waals surface area contributed by atoms with Crippen molar-refractivity contribution in [3.63, 3.8) is 0 Å². The number of fused-ring (bicyclic) bond motifs is 1. The Hall–Kier alpha value is -1.34. The molecule has 0 aromatic carbocycles. The lowest BCUT2D eigenvalue weighted by molar-refractivity contribution is -0.139. The van der Waals surface area contributed by atoms with Crippen LogP contribution < -0.4 is 5.73 Å². The zero-order chi connectivity index (χ0) is 15.5. The van der Waals surface area contributed by atoms with Gasteiger partial charge in [-0.15, -0.1) is 0 Å². The molecule has 2 N–H and O–H groups in total. The molecule has 3 amide bonds. The second-order valence-corrected chi connectivity index (χ2v) is 6.36. The molecule has 0 spiro atoms. The summed E-state index contributed by atoms with van der Waals surface area (Å²) < 4.78 is 11.5. The first kappa shape index (κ1) is 15.6. The molecule has 2 unspecified atom stereocenters. The van der Waals surface area contributed by atoms with Crippen molar-refractivity contribution in [1.82, 2.24) is 9.80 Å². The van der Waals surface area contributed by atoms with E-state index in [1.807, 2.05) is 4.90 Å². The third kappa shape index (κ3) is 3.35. The van der Waals surface area contributed by atoms with E-state index in [-0.39, 0.29) is 36.8 Å². The van der Waals surface area contributed by atoms with Crippen molar-refractivity contribution in [2.45, 2.75) is 50.4 Å². The van der Waals surface area contributed by atoms with Crippen LogP contribution in [-0.2, 0) is 14.3 Å². The van der Waals surface area contributed by atoms with Gasteiger partial charge < -0.3 is 25.0 Å². The molecule has 0 bridgehead atoms. The molecule has 0 aromatic rings. The maximum absolute atomic E-state index is 11.9. The van der Waals surface area contributed by atoms with E-state index in [0.29, 0.717) is 13.2 Å². The van der Waals surface area contributed by atoms with Gasteiger partial charge in [-0.3, -0.25) is 4.79 Å². The molecule has 7 nitrogen and oxygen atoms in total. The summed E-state index contributed by atoms with van der Waals surface area (Å²) in [5.74, 6) is 0.0759. The van der Waals surface area contributed by atoms with Crippen LogP contribution in [-0.4, -0.2) is 72.8 Å². The van der Waals surface area contributed by atoms with Crippen molar-refractivity contribution >= 4 is 11.9 Å². The van der Waals surface area contributed by atoms with Crippen molar-refractivity contribution in [2.75, 3.05) is 32.8 Å². The molecule has 3 heterocycles. The van der Waals surface area contributed by atoms with Crippen LogP contribution in [0.5, 0.6) is 0 Å². The molecule has 3 saturated heterocycles. The maximum atomic E-state index is 11.9. The Morgan fingerprint density at radius 1 is 1.14 bits per heavy atom. The number of likely N-dealkylation sites (tertiary alicyclic amines) is 2. The Morgan fingerprint density at radius 2 is 1.91 bits per heavy atom. The normalized spacial score (nSPS) is 31.4. The lowest BCUT2D eigenvalue weighted by atomic mass is 9.99. The fourth-order valence-electron chi connectivity index (χ4n) is 3.73. The van der Waals surface area contributed by atoms with Crippen LogP contribution in [0.2, 0.25) is 0 Å². The van der Waals surface area contributed by atoms with E-state index in [0.717, 1.165) is 45.2 Å². The third-order valence-electron chi connectivity index (χ3n) is 4.91. The van der Waals surface area contributed by atoms with Crippen LogP contribution in [0, 0.1) is 0 Å². The predicted molar refractivity (Wildman–Crippen MR) is 79.2 cm³/mol. The Kier molecular flexibility index (Phi) is 4.83. The molecule has 124 valence electrons. The second-order valence-electron chi connectivity index (χ2n) is 6.36. The number of hydrogen-bond acceptors (Lipinski definition) is 4. The number of nitrogens with two attached hydrogens (primary N) is 1. The maximum Gasteiger partial charge on any atom is 0.315 e. The number of ether oxygens (including phenoxy) is 2. The number of carbonyl (C=O) groups excluding carboxylic acids is 2. The molecule has 3 fully saturated rings. The molecular formula is C15H25N3O4. The number of nitrogens with zero attached hydrogens (tertiary/aromatic N) is 2. The van der Waals surface area contributed by atoms with Gasteiger partial charge in [0.15, 0.2) is 0 Å². The lowest BCUT2D eigenvalue weighted by Gasteiger charge is -2.35. The molecular weight excluding hydrogens is 286 g/mol. The number of amides is 3. The fraction of sp³-hybridized carbons (Fsp3) is 0.867. The van der Waals surface area contributed by atoms with Gasteiger partial charge in [0, 0.05) is 19.6 Å². The Morgan fingerprint density at radius 3 is 2.64 bits per heavy atom. The molecule has 7 heteroatoms. The van der Waals surface area contributed by atoms with Gasteiger partial charge in [0.1, 0.15) is 6.61 Å². The topological polar surface area (TPSA) is 85.1 Å². The summed E-state index contributed by atoms with van der Waals surface area (Å²) in [4.78, 5) is 26.8. The average molecular weight is 311 g/mol. The minimum absolute atomic E-state index is 0.0143. The minimum Gasteiger partial charge on any atom is -0.370 e. The number of hydrogen-bond donors (Lipinski definition) is 1. The summed E-state index contributed by atoms with van der Waals surface area (Å²) in [6, 6.07) is -0.248. The van der Waals surface area contributed by atoms with E-state index in [4.69, 9.17) is 15.2 Å². The third-order valence-corrected chi connectivity index (χ3v) is 4.91. The quantitative estimate of drug-likeness (QED) is 0.810. The standard InChI is InChI=1S/C15H25N3O4/c16-15(20)18-8-5-13-12(18)4-3-11(22-13)9-21-10-14(19)17-6-1-2-7-17/h11-13H,1-10H2,(H2,16,20)/t11-,12?,13?/m0/s1. The largest absolute Gasteiger partial charge is 0.370 e. The second kappa shape index (κ2) is 6.83. The van der Waals surface area contributed by atoms with Gasteiger partial charge in [0.05, 0.1) is 24.9 Å². The highest BCUT2D eigenvalue weighted by Crippen LogP contribution is 2.31. The van der Waals surface area contributed by atoms with Crippen LogP contribution in [0.15, 0.2) is 0 Å². The molecule has 3 atom stereocenters. The van der Waals surface area contributed by atoms with Gasteiger partial charge in [-0.2, -0.15) is 0 Å². The van der Waals surface area contributed by atoms with Crippen LogP contribution in [0.3, 0.4) is 0 Å². The molecule has 3 aliphatic rings. The summed E-state index contributed by atoms with van der Waals surface area (Å²) in [7, 11) is 0. The summed E-state index contributed by atoms with van der Waals surface area (Å²) in [6.07, 6.45) is 4.82. The van der Waals surface area contributed by atoms with Crippen molar-refractivity contribution in [3.8, 4) is 0 Å². The molecule has 22 heavy (non-hydrogen) atoms. The first-order valence-electron chi connectivity index (χ1n) is 8.22. The minimum atomic E-state index is -0.359. The predicted octanol–water partition coefficient (Wildman–Crippen LogP) is 0.326. The Balaban J connectivity index is 1.38. The zero-order valence-corrected chi connectivity index (χ0v) is 12.9. The SMILES string of the molecule is NC(=O)N1CCC2O[C@H](COCC(=O)N3CCCC3)CCC21. The van der Waals surface area contributed by atoms with Gasteiger partial charge in [-0.25, -0.2) is 4.79 Å². The molecule has 0 aliphatic carbocycles. The fourth-order valence-corrected chi connectivity index (χ4v) is 3.73. The Labute approximate surface area is 130 Å². The molecule has 3 rings (SSSR count). The van der Waals surface area contributed by atoms with E-state index < -0.39 is 0 Å². The first-order chi connectivity index (χ1) is 10.6. The van der Waals surface area contributed by atoms with Gasteiger partial charge in [0.25, 0.3) is 0 Å². The Bertz CT molecular complexity index is 425. The molecule has 0 saturated carbocycles. The van der Waals surface area contributed by atoms with Crippen LogP contribution >= 0.6 is 0 Å². The van der Waals surface area contributed by atoms with E-state index in [1.54, 1.807) is 4.90 Å². The van der Waals surface area contributed by atoms with E-state index in [9.17, 15) is 9.59 Å². The highest BCUT2D eigenvalue weighted by atomic mass is 16.5. The smallest absolute Gasteiger partial charge is 0.315 e. The van der Waals surface area contributed by atoms with E-state index >= 15 is 0 Å². The highest BCUT2D eigenvalue weighted by Gasteiger charge is 2.41. The number of primary amides is 1. The molecule has 3 aliphatic heterocycles. The van der Waals surface area contributed by atoms with Crippen molar-refractivity contribution in [2.24, 2.45) is 5.73 Å². The van der Waals surface area contributed by atoms with Gasteiger partial charge in [-0.1, -0.05) is 0 Å². The van der Waals surface area contributed by atoms with Crippen LogP contribution in [0.25, 0.3) is 0 Å². The van der Waals surface area contributed by atoms with E-state index in [1.165, 1.54) is 0 Å². The zero-order valence-electron chi connectivity index (χ0n) is 12.9. The van der Waals surface area contributed by atoms with Crippen molar-refractivity contribution < 1.29 is 19.1 Å². The summed E-state index contributed by atoms with van der Waals surface area (Å²) in [5.41, 5.74) is 5.38. The summed E-state index contributed by atoms with van der Waals surface area (Å²) >= 11 is 0. The first-order valence-corrected chi connectivity index (χ1v) is 8.22. The summed E-state index contributed by atoms with van der Waals surface area (Å²) in [6.45, 7) is 2.97. The monoisotopic (exact) mass is 311 g/mol. The number of urea groups is 1. The van der Waals surface area contributed by atoms with Gasteiger partial charge in [0.2, 0.25) is 5.91 Å².